The number of rotatable bonds is 7. The summed E-state index contributed by atoms with van der Waals surface area (Å²) in [5.41, 5.74) is 2.07. The smallest absolute Gasteiger partial charge is 0.350 e. The number of anilines is 1. The maximum atomic E-state index is 13.5. The van der Waals surface area contributed by atoms with Crippen molar-refractivity contribution in [2.75, 3.05) is 18.6 Å². The Morgan fingerprint density at radius 3 is 2.56 bits per heavy atom. The van der Waals surface area contributed by atoms with Gasteiger partial charge in [-0.05, 0) is 55.3 Å². The number of thiazole rings is 1. The SMILES string of the molecule is C=CCOC(=O)c1sc(N2C(=O)C(=O)/C(=C(/O)c3ccc4c(c3)C[C@@H](C)O4)[C@@H]2c2ccc(C(=O)OC)cc2)nc1C. The van der Waals surface area contributed by atoms with Crippen LogP contribution in [0.4, 0.5) is 5.13 Å². The van der Waals surface area contributed by atoms with Gasteiger partial charge in [-0.2, -0.15) is 0 Å². The third kappa shape index (κ3) is 5.00. The molecule has 0 spiro atoms. The number of hydrogen-bond donors (Lipinski definition) is 1. The molecule has 210 valence electrons. The molecule has 0 aliphatic carbocycles. The molecule has 2 aromatic carbocycles. The zero-order valence-electron chi connectivity index (χ0n) is 22.5. The molecule has 2 aliphatic heterocycles. The van der Waals surface area contributed by atoms with Crippen LogP contribution in [0.2, 0.25) is 0 Å². The van der Waals surface area contributed by atoms with Crippen molar-refractivity contribution in [3.63, 3.8) is 0 Å². The highest BCUT2D eigenvalue weighted by Crippen LogP contribution is 2.44. The normalized spacial score (nSPS) is 19.0. The third-order valence-electron chi connectivity index (χ3n) is 6.77. The standard InChI is InChI=1S/C30H26N2O8S/c1-5-12-39-29(37)26-16(3)31-30(41-26)32-23(17-6-8-18(9-7-17)28(36)38-4)22(25(34)27(32)35)24(33)19-10-11-21-20(14-19)13-15(2)40-21/h5-11,14-15,23,33H,1,12-13H2,2-4H3/b24-22+/t15-,23+/m1/s1. The highest BCUT2D eigenvalue weighted by atomic mass is 32.1. The van der Waals surface area contributed by atoms with E-state index in [2.05, 4.69) is 11.6 Å². The second-order valence-electron chi connectivity index (χ2n) is 9.54. The lowest BCUT2D eigenvalue weighted by molar-refractivity contribution is -0.132. The summed E-state index contributed by atoms with van der Waals surface area (Å²) in [6.45, 7) is 7.05. The summed E-state index contributed by atoms with van der Waals surface area (Å²) in [6.07, 6.45) is 2.03. The quantitative estimate of drug-likeness (QED) is 0.142. The fraction of sp³-hybridized carbons (Fsp3) is 0.233. The Morgan fingerprint density at radius 2 is 1.88 bits per heavy atom. The average Bonchev–Trinajstić information content (AvgIpc) is 3.62. The number of benzene rings is 2. The number of esters is 2. The molecule has 1 amide bonds. The lowest BCUT2D eigenvalue weighted by Crippen LogP contribution is -2.29. The van der Waals surface area contributed by atoms with Crippen LogP contribution in [-0.4, -0.2) is 53.5 Å². The lowest BCUT2D eigenvalue weighted by Gasteiger charge is -2.23. The topological polar surface area (TPSA) is 132 Å². The van der Waals surface area contributed by atoms with Crippen molar-refractivity contribution in [1.29, 1.82) is 0 Å². The zero-order chi connectivity index (χ0) is 29.4. The Balaban J connectivity index is 1.65. The second-order valence-corrected chi connectivity index (χ2v) is 10.5. The van der Waals surface area contributed by atoms with E-state index in [4.69, 9.17) is 14.2 Å². The summed E-state index contributed by atoms with van der Waals surface area (Å²) in [5.74, 6) is -2.72. The molecule has 10 nitrogen and oxygen atoms in total. The molecule has 41 heavy (non-hydrogen) atoms. The number of fused-ring (bicyclic) bond motifs is 1. The number of Topliss-reactive ketones (excluding diaryl/α,β-unsaturated/α-hetero) is 1. The summed E-state index contributed by atoms with van der Waals surface area (Å²) >= 11 is 0.895. The van der Waals surface area contributed by atoms with Gasteiger partial charge in [-0.1, -0.05) is 36.1 Å². The molecule has 0 radical (unpaired) electrons. The van der Waals surface area contributed by atoms with Crippen molar-refractivity contribution >= 4 is 45.9 Å². The van der Waals surface area contributed by atoms with E-state index in [1.54, 1.807) is 37.3 Å². The molecule has 2 atom stereocenters. The zero-order valence-corrected chi connectivity index (χ0v) is 23.3. The number of aromatic nitrogens is 1. The van der Waals surface area contributed by atoms with E-state index in [1.165, 1.54) is 25.3 Å². The minimum absolute atomic E-state index is 0.00679. The molecular formula is C30H26N2O8S. The van der Waals surface area contributed by atoms with E-state index in [1.807, 2.05) is 6.92 Å². The van der Waals surface area contributed by atoms with Gasteiger partial charge in [0.2, 0.25) is 0 Å². The van der Waals surface area contributed by atoms with Crippen LogP contribution < -0.4 is 9.64 Å². The van der Waals surface area contributed by atoms with Crippen LogP contribution in [0.5, 0.6) is 5.75 Å². The molecule has 1 fully saturated rings. The first-order valence-electron chi connectivity index (χ1n) is 12.7. The fourth-order valence-electron chi connectivity index (χ4n) is 4.86. The van der Waals surface area contributed by atoms with E-state index in [0.717, 1.165) is 21.8 Å². The van der Waals surface area contributed by atoms with Crippen LogP contribution in [0, 0.1) is 6.92 Å². The molecule has 0 unspecified atom stereocenters. The van der Waals surface area contributed by atoms with Gasteiger partial charge in [0.25, 0.3) is 5.78 Å². The molecule has 1 saturated heterocycles. The molecule has 0 saturated carbocycles. The lowest BCUT2D eigenvalue weighted by atomic mass is 9.94. The largest absolute Gasteiger partial charge is 0.507 e. The third-order valence-corrected chi connectivity index (χ3v) is 7.91. The highest BCUT2D eigenvalue weighted by molar-refractivity contribution is 7.17. The van der Waals surface area contributed by atoms with Crippen LogP contribution >= 0.6 is 11.3 Å². The van der Waals surface area contributed by atoms with Gasteiger partial charge in [-0.25, -0.2) is 14.6 Å². The minimum atomic E-state index is -1.10. The van der Waals surface area contributed by atoms with Gasteiger partial charge in [0, 0.05) is 12.0 Å². The van der Waals surface area contributed by atoms with Crippen LogP contribution in [0.1, 0.15) is 55.4 Å². The fourth-order valence-corrected chi connectivity index (χ4v) is 5.85. The molecule has 0 bridgehead atoms. The van der Waals surface area contributed by atoms with Crippen LogP contribution in [-0.2, 0) is 25.5 Å². The molecular weight excluding hydrogens is 548 g/mol. The number of amides is 1. The van der Waals surface area contributed by atoms with Gasteiger partial charge in [0.1, 0.15) is 29.1 Å². The van der Waals surface area contributed by atoms with Crippen molar-refractivity contribution in [1.82, 2.24) is 4.98 Å². The molecule has 11 heteroatoms. The van der Waals surface area contributed by atoms with Crippen molar-refractivity contribution in [2.24, 2.45) is 0 Å². The monoisotopic (exact) mass is 574 g/mol. The van der Waals surface area contributed by atoms with Gasteiger partial charge in [-0.15, -0.1) is 0 Å². The first-order valence-corrected chi connectivity index (χ1v) is 13.5. The maximum Gasteiger partial charge on any atom is 0.350 e. The number of hydrogen-bond acceptors (Lipinski definition) is 10. The second kappa shape index (κ2) is 11.0. The predicted molar refractivity (Wildman–Crippen MR) is 150 cm³/mol. The van der Waals surface area contributed by atoms with Crippen molar-refractivity contribution in [3.8, 4) is 5.75 Å². The minimum Gasteiger partial charge on any atom is -0.507 e. The van der Waals surface area contributed by atoms with E-state index in [9.17, 15) is 24.3 Å². The Kier molecular flexibility index (Phi) is 7.46. The van der Waals surface area contributed by atoms with E-state index < -0.39 is 29.7 Å². The van der Waals surface area contributed by atoms with Gasteiger partial charge in [0.05, 0.1) is 30.0 Å². The van der Waals surface area contributed by atoms with Crippen LogP contribution in [0.3, 0.4) is 0 Å². The molecule has 3 heterocycles. The van der Waals surface area contributed by atoms with Gasteiger partial charge >= 0.3 is 17.8 Å². The van der Waals surface area contributed by atoms with Crippen molar-refractivity contribution in [2.45, 2.75) is 32.4 Å². The van der Waals surface area contributed by atoms with Gasteiger partial charge in [-0.3, -0.25) is 14.5 Å². The number of ether oxygens (including phenoxy) is 3. The molecule has 3 aromatic rings. The Hall–Kier alpha value is -4.77. The van der Waals surface area contributed by atoms with Crippen molar-refractivity contribution < 1.29 is 38.5 Å². The first kappa shape index (κ1) is 27.8. The van der Waals surface area contributed by atoms with Crippen LogP contribution in [0.25, 0.3) is 5.76 Å². The number of methoxy groups -OCH3 is 1. The Labute approximate surface area is 239 Å². The number of aliphatic hydroxyl groups is 1. The Morgan fingerprint density at radius 1 is 1.17 bits per heavy atom. The summed E-state index contributed by atoms with van der Waals surface area (Å²) in [5, 5.41) is 11.6. The van der Waals surface area contributed by atoms with E-state index in [-0.39, 0.29) is 39.6 Å². The number of aryl methyl sites for hydroxylation is 1. The number of ketones is 1. The number of aliphatic hydroxyl groups excluding tert-OH is 1. The molecule has 1 aromatic heterocycles. The van der Waals surface area contributed by atoms with E-state index >= 15 is 0 Å². The Bertz CT molecular complexity index is 1620. The average molecular weight is 575 g/mol. The summed E-state index contributed by atoms with van der Waals surface area (Å²) in [7, 11) is 1.26. The van der Waals surface area contributed by atoms with Gasteiger partial charge < -0.3 is 19.3 Å². The van der Waals surface area contributed by atoms with Crippen molar-refractivity contribution in [3.05, 3.63) is 93.5 Å². The highest BCUT2D eigenvalue weighted by Gasteiger charge is 2.48. The molecule has 5 rings (SSSR count). The molecule has 1 N–H and O–H groups in total. The first-order chi connectivity index (χ1) is 19.6. The number of carbonyl (C=O) groups excluding carboxylic acids is 4. The van der Waals surface area contributed by atoms with Crippen LogP contribution in [0.15, 0.2) is 60.7 Å². The number of nitrogens with zero attached hydrogens (tertiary/aromatic N) is 2. The van der Waals surface area contributed by atoms with Gasteiger partial charge in [0.15, 0.2) is 5.13 Å². The predicted octanol–water partition coefficient (Wildman–Crippen LogP) is 4.53. The molecule has 2 aliphatic rings. The number of carbonyl (C=O) groups is 4. The summed E-state index contributed by atoms with van der Waals surface area (Å²) in [4.78, 5) is 57.4. The van der Waals surface area contributed by atoms with E-state index in [0.29, 0.717) is 29.0 Å². The summed E-state index contributed by atoms with van der Waals surface area (Å²) < 4.78 is 15.7. The summed E-state index contributed by atoms with van der Waals surface area (Å²) in [6, 6.07) is 10.1. The maximum absolute atomic E-state index is 13.5.